The summed E-state index contributed by atoms with van der Waals surface area (Å²) in [4.78, 5) is 0. The number of hydrogen-bond acceptors (Lipinski definition) is 2. The van der Waals surface area contributed by atoms with Gasteiger partial charge in [-0.05, 0) is 69.8 Å². The van der Waals surface area contributed by atoms with Crippen LogP contribution in [0, 0.1) is 23.7 Å². The van der Waals surface area contributed by atoms with E-state index < -0.39 is 6.10 Å². The van der Waals surface area contributed by atoms with Crippen molar-refractivity contribution in [2.24, 2.45) is 23.7 Å². The molecule has 2 N–H and O–H groups in total. The predicted octanol–water partition coefficient (Wildman–Crippen LogP) is 4.25. The van der Waals surface area contributed by atoms with E-state index in [1.807, 2.05) is 0 Å². The Labute approximate surface area is 135 Å². The lowest BCUT2D eigenvalue weighted by Crippen LogP contribution is -2.34. The number of aliphatic hydroxyl groups excluding tert-OH is 2. The van der Waals surface area contributed by atoms with Crippen LogP contribution in [0.3, 0.4) is 0 Å². The van der Waals surface area contributed by atoms with Gasteiger partial charge in [-0.1, -0.05) is 36.8 Å². The molecule has 0 saturated heterocycles. The highest BCUT2D eigenvalue weighted by Crippen LogP contribution is 2.47. The lowest BCUT2D eigenvalue weighted by Gasteiger charge is -2.32. The van der Waals surface area contributed by atoms with Gasteiger partial charge in [-0.15, -0.1) is 0 Å². The molecule has 0 spiro atoms. The fraction of sp³-hybridized carbons (Fsp3) is 0.700. The Morgan fingerprint density at radius 1 is 1.41 bits per heavy atom. The molecule has 0 amide bonds. The molecule has 0 aliphatic heterocycles. The van der Waals surface area contributed by atoms with Crippen molar-refractivity contribution in [3.05, 3.63) is 35.5 Å². The number of fused-ring (bicyclic) bond motifs is 1. The van der Waals surface area contributed by atoms with Crippen LogP contribution >= 0.6 is 0 Å². The number of allylic oxidation sites excluding steroid dienone is 3. The minimum Gasteiger partial charge on any atom is -0.392 e. The molecule has 2 aliphatic rings. The van der Waals surface area contributed by atoms with Gasteiger partial charge in [0, 0.05) is 5.92 Å². The maximum absolute atomic E-state index is 11.0. The first-order chi connectivity index (χ1) is 10.3. The first-order valence-electron chi connectivity index (χ1n) is 8.67. The average Bonchev–Trinajstić information content (AvgIpc) is 2.79. The van der Waals surface area contributed by atoms with Crippen LogP contribution in [0.15, 0.2) is 35.5 Å². The monoisotopic (exact) mass is 304 g/mol. The van der Waals surface area contributed by atoms with Gasteiger partial charge < -0.3 is 10.2 Å². The first kappa shape index (κ1) is 17.5. The molecule has 2 aliphatic carbocycles. The Balaban J connectivity index is 2.14. The Hall–Kier alpha value is -0.860. The molecule has 2 rings (SSSR count). The number of rotatable bonds is 4. The number of hydrogen-bond donors (Lipinski definition) is 2. The van der Waals surface area contributed by atoms with Gasteiger partial charge >= 0.3 is 0 Å². The zero-order valence-corrected chi connectivity index (χ0v) is 14.5. The maximum atomic E-state index is 11.0. The fourth-order valence-electron chi connectivity index (χ4n) is 4.28. The summed E-state index contributed by atoms with van der Waals surface area (Å²) in [5.41, 5.74) is 3.54. The minimum atomic E-state index is -0.472. The molecule has 22 heavy (non-hydrogen) atoms. The van der Waals surface area contributed by atoms with Crippen molar-refractivity contribution in [3.63, 3.8) is 0 Å². The van der Waals surface area contributed by atoms with Gasteiger partial charge in [-0.2, -0.15) is 0 Å². The lowest BCUT2D eigenvalue weighted by atomic mass is 9.76. The Morgan fingerprint density at radius 3 is 2.73 bits per heavy atom. The van der Waals surface area contributed by atoms with Crippen LogP contribution < -0.4 is 0 Å². The van der Waals surface area contributed by atoms with Crippen molar-refractivity contribution in [2.45, 2.75) is 65.6 Å². The molecule has 1 fully saturated rings. The van der Waals surface area contributed by atoms with Crippen molar-refractivity contribution in [3.8, 4) is 0 Å². The van der Waals surface area contributed by atoms with Gasteiger partial charge in [-0.25, -0.2) is 0 Å². The summed E-state index contributed by atoms with van der Waals surface area (Å²) in [6.07, 6.45) is 7.32. The molecule has 6 atom stereocenters. The fourth-order valence-corrected chi connectivity index (χ4v) is 4.28. The van der Waals surface area contributed by atoms with E-state index in [9.17, 15) is 10.2 Å². The van der Waals surface area contributed by atoms with Crippen molar-refractivity contribution in [1.82, 2.24) is 0 Å². The highest BCUT2D eigenvalue weighted by molar-refractivity contribution is 5.26. The van der Waals surface area contributed by atoms with Crippen molar-refractivity contribution in [2.75, 3.05) is 0 Å². The van der Waals surface area contributed by atoms with Crippen LogP contribution in [0.5, 0.6) is 0 Å². The maximum Gasteiger partial charge on any atom is 0.0754 e. The largest absolute Gasteiger partial charge is 0.392 e. The van der Waals surface area contributed by atoms with E-state index >= 15 is 0 Å². The summed E-state index contributed by atoms with van der Waals surface area (Å²) in [6.45, 7) is 12.7. The molecule has 0 unspecified atom stereocenters. The third-order valence-electron chi connectivity index (χ3n) is 5.76. The molecule has 0 aromatic heterocycles. The highest BCUT2D eigenvalue weighted by Gasteiger charge is 2.44. The normalized spacial score (nSPS) is 36.4. The van der Waals surface area contributed by atoms with E-state index in [-0.39, 0.29) is 23.9 Å². The molecule has 1 saturated carbocycles. The summed E-state index contributed by atoms with van der Waals surface area (Å²) in [5, 5.41) is 21.5. The second-order valence-corrected chi connectivity index (χ2v) is 7.63. The molecule has 2 nitrogen and oxygen atoms in total. The standard InChI is InChI=1S/C20H32O2/c1-12(2)7-6-8-13(3)17-11-18(21)15(5)16-10-9-14(4)19(16)20(17)22/h7,9,13,16-22H,5-6,8,10-11H2,1-4H3/t13-,16+,17+,18-,19-,20-/m1/s1. The zero-order valence-electron chi connectivity index (χ0n) is 14.5. The highest BCUT2D eigenvalue weighted by atomic mass is 16.3. The quantitative estimate of drug-likeness (QED) is 0.762. The number of aliphatic hydroxyl groups is 2. The third kappa shape index (κ3) is 3.55. The van der Waals surface area contributed by atoms with Crippen LogP contribution in [0.4, 0.5) is 0 Å². The topological polar surface area (TPSA) is 40.5 Å². The van der Waals surface area contributed by atoms with Gasteiger partial charge in [0.25, 0.3) is 0 Å². The van der Waals surface area contributed by atoms with Gasteiger partial charge in [0.15, 0.2) is 0 Å². The Kier molecular flexibility index (Phi) is 5.68. The van der Waals surface area contributed by atoms with Crippen LogP contribution in [-0.2, 0) is 0 Å². The van der Waals surface area contributed by atoms with Crippen molar-refractivity contribution >= 4 is 0 Å². The summed E-state index contributed by atoms with van der Waals surface area (Å²) >= 11 is 0. The molecule has 0 aromatic carbocycles. The van der Waals surface area contributed by atoms with Gasteiger partial charge in [-0.3, -0.25) is 0 Å². The van der Waals surface area contributed by atoms with Gasteiger partial charge in [0.1, 0.15) is 0 Å². The predicted molar refractivity (Wildman–Crippen MR) is 92.4 cm³/mol. The molecule has 124 valence electrons. The molecular weight excluding hydrogens is 272 g/mol. The Morgan fingerprint density at radius 2 is 2.09 bits per heavy atom. The Bertz CT molecular complexity index is 470. The lowest BCUT2D eigenvalue weighted by molar-refractivity contribution is 0.0219. The van der Waals surface area contributed by atoms with Crippen LogP contribution in [0.1, 0.15) is 53.4 Å². The van der Waals surface area contributed by atoms with E-state index in [0.717, 1.165) is 24.8 Å². The zero-order chi connectivity index (χ0) is 16.4. The van der Waals surface area contributed by atoms with E-state index in [0.29, 0.717) is 12.3 Å². The van der Waals surface area contributed by atoms with E-state index in [4.69, 9.17) is 0 Å². The van der Waals surface area contributed by atoms with E-state index in [1.165, 1.54) is 11.1 Å². The molecule has 0 bridgehead atoms. The van der Waals surface area contributed by atoms with Crippen LogP contribution in [0.2, 0.25) is 0 Å². The second-order valence-electron chi connectivity index (χ2n) is 7.63. The molecule has 2 heteroatoms. The van der Waals surface area contributed by atoms with E-state index in [1.54, 1.807) is 0 Å². The summed E-state index contributed by atoms with van der Waals surface area (Å²) in [7, 11) is 0. The summed E-state index contributed by atoms with van der Waals surface area (Å²) in [6, 6.07) is 0. The molecular formula is C20H32O2. The smallest absolute Gasteiger partial charge is 0.0754 e. The van der Waals surface area contributed by atoms with Gasteiger partial charge in [0.05, 0.1) is 12.2 Å². The molecule has 0 radical (unpaired) electrons. The first-order valence-corrected chi connectivity index (χ1v) is 8.67. The molecule has 0 aromatic rings. The summed E-state index contributed by atoms with van der Waals surface area (Å²) in [5.74, 6) is 0.925. The van der Waals surface area contributed by atoms with Crippen molar-refractivity contribution in [1.29, 1.82) is 0 Å². The summed E-state index contributed by atoms with van der Waals surface area (Å²) < 4.78 is 0. The minimum absolute atomic E-state index is 0.147. The second kappa shape index (κ2) is 7.14. The third-order valence-corrected chi connectivity index (χ3v) is 5.76. The van der Waals surface area contributed by atoms with Crippen molar-refractivity contribution < 1.29 is 10.2 Å². The van der Waals surface area contributed by atoms with Crippen LogP contribution in [0.25, 0.3) is 0 Å². The molecule has 0 heterocycles. The SMILES string of the molecule is C=C1[C@H](O)C[C@@H]([C@H](C)CCC=C(C)C)[C@@H](O)[C@@H]2C(C)=CC[C@@H]12. The van der Waals surface area contributed by atoms with E-state index in [2.05, 4.69) is 46.4 Å². The average molecular weight is 304 g/mol. The van der Waals surface area contributed by atoms with Gasteiger partial charge in [0.2, 0.25) is 0 Å². The van der Waals surface area contributed by atoms with Crippen LogP contribution in [-0.4, -0.2) is 22.4 Å².